The Morgan fingerprint density at radius 2 is 1.62 bits per heavy atom. The maximum Gasteiger partial charge on any atom is 0.340 e. The average Bonchev–Trinajstić information content (AvgIpc) is 3.15. The molecule has 3 heterocycles. The molecule has 0 aromatic carbocycles. The minimum absolute atomic E-state index is 0.370. The summed E-state index contributed by atoms with van der Waals surface area (Å²) in [6, 6.07) is 6.78. The van der Waals surface area contributed by atoms with E-state index in [1.54, 1.807) is 24.3 Å². The Morgan fingerprint density at radius 1 is 1.10 bits per heavy atom. The summed E-state index contributed by atoms with van der Waals surface area (Å²) >= 11 is 0. The molecule has 2 aromatic rings. The van der Waals surface area contributed by atoms with Crippen LogP contribution < -0.4 is 0 Å². The number of carbonyl (C=O) groups is 1. The molecule has 6 heteroatoms. The van der Waals surface area contributed by atoms with E-state index in [2.05, 4.69) is 4.90 Å². The van der Waals surface area contributed by atoms with Crippen LogP contribution in [0, 0.1) is 0 Å². The van der Waals surface area contributed by atoms with Gasteiger partial charge in [0.15, 0.2) is 0 Å². The number of hydrogen-bond acceptors (Lipinski definition) is 5. The van der Waals surface area contributed by atoms with Crippen LogP contribution in [0.3, 0.4) is 0 Å². The maximum absolute atomic E-state index is 12.2. The van der Waals surface area contributed by atoms with Crippen molar-refractivity contribution in [3.8, 4) is 0 Å². The Kier molecular flexibility index (Phi) is 3.57. The molecular formula is C15H18N2O4. The number of rotatable bonds is 4. The van der Waals surface area contributed by atoms with E-state index >= 15 is 0 Å². The lowest BCUT2D eigenvalue weighted by Gasteiger charge is -2.42. The molecule has 0 radical (unpaired) electrons. The monoisotopic (exact) mass is 290 g/mol. The van der Waals surface area contributed by atoms with Gasteiger partial charge >= 0.3 is 5.97 Å². The standard InChI is InChI=1S/C15H18N2O4/c1-16-6-8-17(9-7-16)15(14(18)19,12-4-2-10-20-12)13-5-3-11-21-13/h2-5,10-11H,6-9H2,1H3,(H,18,19). The predicted molar refractivity (Wildman–Crippen MR) is 74.9 cm³/mol. The van der Waals surface area contributed by atoms with Gasteiger partial charge in [-0.15, -0.1) is 0 Å². The van der Waals surface area contributed by atoms with Crippen LogP contribution in [0.1, 0.15) is 11.5 Å². The summed E-state index contributed by atoms with van der Waals surface area (Å²) in [4.78, 5) is 16.3. The van der Waals surface area contributed by atoms with Crippen molar-refractivity contribution >= 4 is 5.97 Å². The molecule has 112 valence electrons. The van der Waals surface area contributed by atoms with E-state index < -0.39 is 11.5 Å². The highest BCUT2D eigenvalue weighted by atomic mass is 16.4. The van der Waals surface area contributed by atoms with Crippen LogP contribution in [-0.4, -0.2) is 54.1 Å². The van der Waals surface area contributed by atoms with Gasteiger partial charge in [0.05, 0.1) is 12.5 Å². The van der Waals surface area contributed by atoms with Crippen LogP contribution in [-0.2, 0) is 10.3 Å². The molecule has 0 bridgehead atoms. The SMILES string of the molecule is CN1CCN(C(C(=O)O)(c2ccco2)c2ccco2)CC1. The van der Waals surface area contributed by atoms with Crippen molar-refractivity contribution in [2.45, 2.75) is 5.54 Å². The minimum atomic E-state index is -1.41. The smallest absolute Gasteiger partial charge is 0.340 e. The number of nitrogens with zero attached hydrogens (tertiary/aromatic N) is 2. The van der Waals surface area contributed by atoms with Gasteiger partial charge in [-0.05, 0) is 31.3 Å². The predicted octanol–water partition coefficient (Wildman–Crippen LogP) is 1.45. The van der Waals surface area contributed by atoms with Gasteiger partial charge < -0.3 is 18.8 Å². The molecule has 0 aliphatic carbocycles. The Hall–Kier alpha value is -2.05. The lowest BCUT2D eigenvalue weighted by atomic mass is 9.89. The third-order valence-electron chi connectivity index (χ3n) is 4.04. The quantitative estimate of drug-likeness (QED) is 0.919. The van der Waals surface area contributed by atoms with E-state index in [4.69, 9.17) is 8.83 Å². The zero-order valence-corrected chi connectivity index (χ0v) is 11.9. The fourth-order valence-corrected chi connectivity index (χ4v) is 2.89. The van der Waals surface area contributed by atoms with Gasteiger partial charge in [-0.1, -0.05) is 0 Å². The second-order valence-corrected chi connectivity index (χ2v) is 5.26. The molecule has 0 amide bonds. The number of carboxylic acid groups (broad SMARTS) is 1. The summed E-state index contributed by atoms with van der Waals surface area (Å²) in [5.41, 5.74) is -1.41. The van der Waals surface area contributed by atoms with Crippen molar-refractivity contribution in [1.29, 1.82) is 0 Å². The van der Waals surface area contributed by atoms with Crippen molar-refractivity contribution in [1.82, 2.24) is 9.80 Å². The number of aliphatic carboxylic acids is 1. The first-order valence-corrected chi connectivity index (χ1v) is 6.90. The van der Waals surface area contributed by atoms with Gasteiger partial charge in [0.2, 0.25) is 5.54 Å². The van der Waals surface area contributed by atoms with Crippen LogP contribution in [0.25, 0.3) is 0 Å². The highest BCUT2D eigenvalue weighted by molar-refractivity contribution is 5.83. The summed E-state index contributed by atoms with van der Waals surface area (Å²) in [5, 5.41) is 10.0. The number of furan rings is 2. The maximum atomic E-state index is 12.2. The van der Waals surface area contributed by atoms with E-state index in [1.165, 1.54) is 12.5 Å². The molecule has 1 fully saturated rings. The number of likely N-dealkylation sites (N-methyl/N-ethyl adjacent to an activating group) is 1. The van der Waals surface area contributed by atoms with Crippen LogP contribution in [0.2, 0.25) is 0 Å². The second kappa shape index (κ2) is 5.38. The molecule has 3 rings (SSSR count). The van der Waals surface area contributed by atoms with Gasteiger partial charge in [-0.25, -0.2) is 4.79 Å². The Morgan fingerprint density at radius 3 is 2.00 bits per heavy atom. The fourth-order valence-electron chi connectivity index (χ4n) is 2.89. The number of piperazine rings is 1. The van der Waals surface area contributed by atoms with Crippen LogP contribution in [0.5, 0.6) is 0 Å². The summed E-state index contributed by atoms with van der Waals surface area (Å²) in [6.45, 7) is 2.86. The van der Waals surface area contributed by atoms with Crippen LogP contribution in [0.4, 0.5) is 0 Å². The van der Waals surface area contributed by atoms with E-state index in [0.717, 1.165) is 13.1 Å². The molecule has 0 atom stereocenters. The van der Waals surface area contributed by atoms with Crippen molar-refractivity contribution in [3.63, 3.8) is 0 Å². The van der Waals surface area contributed by atoms with E-state index in [-0.39, 0.29) is 0 Å². The molecule has 0 spiro atoms. The van der Waals surface area contributed by atoms with Gasteiger partial charge in [-0.2, -0.15) is 0 Å². The highest BCUT2D eigenvalue weighted by Gasteiger charge is 2.53. The molecule has 1 saturated heterocycles. The highest BCUT2D eigenvalue weighted by Crippen LogP contribution is 2.37. The van der Waals surface area contributed by atoms with Crippen molar-refractivity contribution in [2.24, 2.45) is 0 Å². The van der Waals surface area contributed by atoms with Gasteiger partial charge in [-0.3, -0.25) is 4.90 Å². The van der Waals surface area contributed by atoms with Gasteiger partial charge in [0, 0.05) is 26.2 Å². The number of carboxylic acids is 1. The largest absolute Gasteiger partial charge is 0.479 e. The Labute approximate surface area is 122 Å². The summed E-state index contributed by atoms with van der Waals surface area (Å²) in [5.74, 6) is -0.249. The van der Waals surface area contributed by atoms with Crippen molar-refractivity contribution < 1.29 is 18.7 Å². The molecule has 21 heavy (non-hydrogen) atoms. The lowest BCUT2D eigenvalue weighted by molar-refractivity contribution is -0.153. The minimum Gasteiger partial charge on any atom is -0.479 e. The van der Waals surface area contributed by atoms with Crippen LogP contribution >= 0.6 is 0 Å². The second-order valence-electron chi connectivity index (χ2n) is 5.26. The van der Waals surface area contributed by atoms with E-state index in [9.17, 15) is 9.90 Å². The molecule has 0 unspecified atom stereocenters. The van der Waals surface area contributed by atoms with E-state index in [1.807, 2.05) is 11.9 Å². The Bertz CT molecular complexity index is 549. The molecule has 1 aliphatic rings. The first-order valence-electron chi connectivity index (χ1n) is 6.90. The summed E-state index contributed by atoms with van der Waals surface area (Å²) < 4.78 is 10.9. The zero-order chi connectivity index (χ0) is 14.9. The normalized spacial score (nSPS) is 18.0. The Balaban J connectivity index is 2.11. The topological polar surface area (TPSA) is 70.1 Å². The van der Waals surface area contributed by atoms with E-state index in [0.29, 0.717) is 24.6 Å². The van der Waals surface area contributed by atoms with Gasteiger partial charge in [0.1, 0.15) is 11.5 Å². The summed E-state index contributed by atoms with van der Waals surface area (Å²) in [6.07, 6.45) is 2.98. The first kappa shape index (κ1) is 13.9. The molecular weight excluding hydrogens is 272 g/mol. The third-order valence-corrected chi connectivity index (χ3v) is 4.04. The molecule has 1 N–H and O–H groups in total. The molecule has 1 aliphatic heterocycles. The number of hydrogen-bond donors (Lipinski definition) is 1. The lowest BCUT2D eigenvalue weighted by Crippen LogP contribution is -2.58. The average molecular weight is 290 g/mol. The third kappa shape index (κ3) is 2.16. The zero-order valence-electron chi connectivity index (χ0n) is 11.9. The van der Waals surface area contributed by atoms with Crippen LogP contribution in [0.15, 0.2) is 45.6 Å². The molecule has 6 nitrogen and oxygen atoms in total. The van der Waals surface area contributed by atoms with Crippen molar-refractivity contribution in [2.75, 3.05) is 33.2 Å². The molecule has 0 saturated carbocycles. The first-order chi connectivity index (χ1) is 10.2. The fraction of sp³-hybridized carbons (Fsp3) is 0.400. The summed E-state index contributed by atoms with van der Waals surface area (Å²) in [7, 11) is 2.03. The van der Waals surface area contributed by atoms with Crippen molar-refractivity contribution in [3.05, 3.63) is 48.3 Å². The molecule has 2 aromatic heterocycles. The van der Waals surface area contributed by atoms with Gasteiger partial charge in [0.25, 0.3) is 0 Å².